The van der Waals surface area contributed by atoms with Crippen LogP contribution in [0, 0.1) is 0 Å². The van der Waals surface area contributed by atoms with Crippen LogP contribution in [0.2, 0.25) is 0 Å². The molecule has 35 heavy (non-hydrogen) atoms. The summed E-state index contributed by atoms with van der Waals surface area (Å²) < 4.78 is 29.5. The Labute approximate surface area is 216 Å². The Morgan fingerprint density at radius 3 is 2.26 bits per heavy atom. The maximum Gasteiger partial charge on any atom is 0.249 e. The van der Waals surface area contributed by atoms with Crippen LogP contribution >= 0.6 is 11.8 Å². The molecular weight excluding hydrogens is 499 g/mol. The molecule has 0 radical (unpaired) electrons. The lowest BCUT2D eigenvalue weighted by atomic mass is 10.0. The Bertz CT molecular complexity index is 1160. The van der Waals surface area contributed by atoms with Gasteiger partial charge >= 0.3 is 0 Å². The van der Waals surface area contributed by atoms with Crippen LogP contribution in [0.15, 0.2) is 89.8 Å². The van der Waals surface area contributed by atoms with E-state index in [1.54, 1.807) is 10.6 Å². The third kappa shape index (κ3) is 6.89. The van der Waals surface area contributed by atoms with Gasteiger partial charge in [0.1, 0.15) is 16.4 Å². The zero-order valence-electron chi connectivity index (χ0n) is 19.5. The number of hydrogen-bond acceptors (Lipinski definition) is 4. The zero-order valence-corrected chi connectivity index (χ0v) is 21.9. The van der Waals surface area contributed by atoms with Gasteiger partial charge in [0.05, 0.1) is 21.9 Å². The first kappa shape index (κ1) is 25.8. The van der Waals surface area contributed by atoms with Crippen LogP contribution in [-0.2, 0) is 26.8 Å². The van der Waals surface area contributed by atoms with Crippen molar-refractivity contribution in [1.29, 1.82) is 0 Å². The van der Waals surface area contributed by atoms with Gasteiger partial charge in [-0.15, -0.1) is 11.8 Å². The summed E-state index contributed by atoms with van der Waals surface area (Å²) in [6, 6.07) is 27.2. The fourth-order valence-corrected chi connectivity index (χ4v) is 7.08. The van der Waals surface area contributed by atoms with Crippen LogP contribution in [0.4, 0.5) is 0 Å². The number of carbonyl (C=O) groups excluding carboxylic acids is 1. The predicted molar refractivity (Wildman–Crippen MR) is 145 cm³/mol. The van der Waals surface area contributed by atoms with Crippen LogP contribution in [0.1, 0.15) is 18.0 Å². The minimum Gasteiger partial charge on any atom is -0.347 e. The molecule has 6 nitrogen and oxygen atoms in total. The molecule has 1 aliphatic rings. The van der Waals surface area contributed by atoms with Crippen molar-refractivity contribution in [3.63, 3.8) is 0 Å². The Morgan fingerprint density at radius 2 is 1.60 bits per heavy atom. The van der Waals surface area contributed by atoms with Crippen molar-refractivity contribution in [3.05, 3.63) is 90.5 Å². The van der Waals surface area contributed by atoms with Gasteiger partial charge in [-0.1, -0.05) is 72.8 Å². The van der Waals surface area contributed by atoms with Crippen molar-refractivity contribution < 1.29 is 13.2 Å². The maximum absolute atomic E-state index is 13.4. The monoisotopic (exact) mass is 527 g/mol. The van der Waals surface area contributed by atoms with Crippen LogP contribution in [0.3, 0.4) is 0 Å². The van der Waals surface area contributed by atoms with Gasteiger partial charge in [-0.05, 0) is 35.2 Å². The molecule has 3 aromatic carbocycles. The molecule has 184 valence electrons. The SMILES string of the molecule is CS(=O)NCCC(NC(=O)C1SCCN1S(=O)c1ccc(-c2ccccc2)cc1)c1ccccc1. The summed E-state index contributed by atoms with van der Waals surface area (Å²) in [6.45, 7) is 1.08. The van der Waals surface area contributed by atoms with E-state index < -0.39 is 27.3 Å². The Balaban J connectivity index is 1.45. The van der Waals surface area contributed by atoms with E-state index in [0.717, 1.165) is 22.4 Å². The second-order valence-electron chi connectivity index (χ2n) is 8.11. The van der Waals surface area contributed by atoms with Crippen LogP contribution in [-0.4, -0.2) is 49.1 Å². The van der Waals surface area contributed by atoms with E-state index in [9.17, 15) is 13.2 Å². The third-order valence-corrected chi connectivity index (χ3v) is 9.15. The quantitative estimate of drug-likeness (QED) is 0.420. The highest BCUT2D eigenvalue weighted by Gasteiger charge is 2.36. The first-order chi connectivity index (χ1) is 17.0. The average Bonchev–Trinajstić information content (AvgIpc) is 3.39. The summed E-state index contributed by atoms with van der Waals surface area (Å²) in [6.07, 6.45) is 2.18. The van der Waals surface area contributed by atoms with E-state index in [4.69, 9.17) is 0 Å². The second kappa shape index (κ2) is 12.6. The third-order valence-electron chi connectivity index (χ3n) is 5.71. The lowest BCUT2D eigenvalue weighted by Crippen LogP contribution is -2.44. The number of rotatable bonds is 10. The normalized spacial score (nSPS) is 18.6. The fourth-order valence-electron chi connectivity index (χ4n) is 3.96. The van der Waals surface area contributed by atoms with E-state index in [1.807, 2.05) is 84.9 Å². The molecule has 1 saturated heterocycles. The molecule has 1 aliphatic heterocycles. The van der Waals surface area contributed by atoms with Gasteiger partial charge in [-0.25, -0.2) is 13.1 Å². The van der Waals surface area contributed by atoms with Gasteiger partial charge in [0.25, 0.3) is 0 Å². The molecule has 0 aliphatic carbocycles. The molecule has 0 spiro atoms. The predicted octanol–water partition coefficient (Wildman–Crippen LogP) is 3.88. The van der Waals surface area contributed by atoms with E-state index >= 15 is 0 Å². The minimum absolute atomic E-state index is 0.159. The first-order valence-corrected chi connectivity index (χ1v) is 15.1. The zero-order chi connectivity index (χ0) is 24.6. The largest absolute Gasteiger partial charge is 0.347 e. The molecule has 1 heterocycles. The lowest BCUT2D eigenvalue weighted by Gasteiger charge is -2.25. The Hall–Kier alpha value is -2.30. The number of thioether (sulfide) groups is 1. The molecule has 4 atom stereocenters. The molecule has 4 unspecified atom stereocenters. The number of nitrogens with zero attached hydrogens (tertiary/aromatic N) is 1. The molecule has 9 heteroatoms. The summed E-state index contributed by atoms with van der Waals surface area (Å²) in [4.78, 5) is 14.0. The molecule has 4 rings (SSSR count). The van der Waals surface area contributed by atoms with E-state index in [2.05, 4.69) is 10.0 Å². The fraction of sp³-hybridized carbons (Fsp3) is 0.269. The topological polar surface area (TPSA) is 78.5 Å². The van der Waals surface area contributed by atoms with Crippen molar-refractivity contribution in [3.8, 4) is 11.1 Å². The first-order valence-electron chi connectivity index (χ1n) is 11.4. The smallest absolute Gasteiger partial charge is 0.249 e. The van der Waals surface area contributed by atoms with Gasteiger partial charge in [0.2, 0.25) is 5.91 Å². The number of benzene rings is 3. The number of amides is 1. The molecule has 1 amide bonds. The summed E-state index contributed by atoms with van der Waals surface area (Å²) in [5.74, 6) is 0.575. The number of carbonyl (C=O) groups is 1. The molecular formula is C26H29N3O3S3. The number of hydrogen-bond donors (Lipinski definition) is 2. The van der Waals surface area contributed by atoms with Crippen molar-refractivity contribution in [2.24, 2.45) is 0 Å². The second-order valence-corrected chi connectivity index (χ2v) is 11.9. The van der Waals surface area contributed by atoms with Gasteiger partial charge in [0, 0.05) is 25.1 Å². The Kier molecular flexibility index (Phi) is 9.28. The average molecular weight is 528 g/mol. The van der Waals surface area contributed by atoms with E-state index in [1.165, 1.54) is 11.8 Å². The van der Waals surface area contributed by atoms with Crippen molar-refractivity contribution in [2.75, 3.05) is 25.1 Å². The van der Waals surface area contributed by atoms with E-state index in [-0.39, 0.29) is 11.9 Å². The van der Waals surface area contributed by atoms with Crippen LogP contribution in [0.5, 0.6) is 0 Å². The molecule has 0 bridgehead atoms. The minimum atomic E-state index is -1.45. The van der Waals surface area contributed by atoms with Crippen molar-refractivity contribution >= 4 is 39.6 Å². The molecule has 3 aromatic rings. The Morgan fingerprint density at radius 1 is 0.971 bits per heavy atom. The molecule has 0 aromatic heterocycles. The maximum atomic E-state index is 13.4. The highest BCUT2D eigenvalue weighted by molar-refractivity contribution is 8.01. The van der Waals surface area contributed by atoms with E-state index in [0.29, 0.717) is 24.4 Å². The summed E-state index contributed by atoms with van der Waals surface area (Å²) in [7, 11) is -2.56. The molecule has 1 fully saturated rings. The van der Waals surface area contributed by atoms with Gasteiger partial charge in [-0.3, -0.25) is 4.79 Å². The van der Waals surface area contributed by atoms with Gasteiger partial charge < -0.3 is 5.32 Å². The highest BCUT2D eigenvalue weighted by atomic mass is 32.2. The summed E-state index contributed by atoms with van der Waals surface area (Å²) >= 11 is 1.50. The van der Waals surface area contributed by atoms with Crippen molar-refractivity contribution in [1.82, 2.24) is 14.3 Å². The summed E-state index contributed by atoms with van der Waals surface area (Å²) in [5.41, 5.74) is 3.15. The lowest BCUT2D eigenvalue weighted by molar-refractivity contribution is -0.122. The molecule has 2 N–H and O–H groups in total. The van der Waals surface area contributed by atoms with Crippen LogP contribution < -0.4 is 10.0 Å². The summed E-state index contributed by atoms with van der Waals surface area (Å²) in [5, 5.41) is 2.60. The highest BCUT2D eigenvalue weighted by Crippen LogP contribution is 2.30. The van der Waals surface area contributed by atoms with Crippen LogP contribution in [0.25, 0.3) is 11.1 Å². The molecule has 0 saturated carbocycles. The van der Waals surface area contributed by atoms with Gasteiger partial charge in [-0.2, -0.15) is 4.31 Å². The standard InChI is InChI=1S/C26H29N3O3S3/c1-34(31)27-17-16-24(22-10-6-3-7-11-22)28-25(30)26-29(18-19-33-26)35(32)23-14-12-21(13-15-23)20-8-4-2-5-9-20/h2-15,24,26-27H,16-19H2,1H3,(H,28,30). The van der Waals surface area contributed by atoms with Gasteiger partial charge in [0.15, 0.2) is 0 Å². The number of nitrogens with one attached hydrogen (secondary N) is 2. The van der Waals surface area contributed by atoms with Crippen molar-refractivity contribution in [2.45, 2.75) is 22.7 Å².